The largest absolute Gasteiger partial charge is 0.350 e. The standard InChI is InChI=1S/C16H18ClN3O2S/c1-9(11-4-3-5-12(17)8-11)18-14(21)7-6-13-10(2)19-16(23)20-15(13)22/h3-5,8-9H,6-7H2,1-2H3,(H,18,21)(H2,19,20,22,23). The molecule has 0 saturated heterocycles. The van der Waals surface area contributed by atoms with Crippen LogP contribution in [0, 0.1) is 11.7 Å². The first-order valence-electron chi connectivity index (χ1n) is 7.23. The van der Waals surface area contributed by atoms with Crippen LogP contribution >= 0.6 is 23.8 Å². The number of benzene rings is 1. The highest BCUT2D eigenvalue weighted by Crippen LogP contribution is 2.17. The lowest BCUT2D eigenvalue weighted by Gasteiger charge is -2.14. The van der Waals surface area contributed by atoms with Crippen molar-refractivity contribution in [2.45, 2.75) is 32.7 Å². The van der Waals surface area contributed by atoms with Crippen LogP contribution in [-0.2, 0) is 11.2 Å². The second kappa shape index (κ2) is 7.57. The summed E-state index contributed by atoms with van der Waals surface area (Å²) in [5, 5.41) is 3.53. The predicted molar refractivity (Wildman–Crippen MR) is 93.3 cm³/mol. The Balaban J connectivity index is 1.98. The van der Waals surface area contributed by atoms with Crippen LogP contribution in [0.5, 0.6) is 0 Å². The third kappa shape index (κ3) is 4.77. The van der Waals surface area contributed by atoms with Crippen LogP contribution in [0.4, 0.5) is 0 Å². The number of hydrogen-bond acceptors (Lipinski definition) is 3. The van der Waals surface area contributed by atoms with E-state index in [1.807, 2.05) is 25.1 Å². The lowest BCUT2D eigenvalue weighted by molar-refractivity contribution is -0.121. The summed E-state index contributed by atoms with van der Waals surface area (Å²) in [6.45, 7) is 3.66. The third-order valence-corrected chi connectivity index (χ3v) is 4.02. The second-order valence-electron chi connectivity index (χ2n) is 5.36. The van der Waals surface area contributed by atoms with Crippen molar-refractivity contribution < 1.29 is 4.79 Å². The summed E-state index contributed by atoms with van der Waals surface area (Å²) in [5.74, 6) is -0.126. The number of H-pyrrole nitrogens is 2. The first-order chi connectivity index (χ1) is 10.9. The van der Waals surface area contributed by atoms with Crippen LogP contribution in [0.15, 0.2) is 29.1 Å². The van der Waals surface area contributed by atoms with Crippen molar-refractivity contribution in [3.63, 3.8) is 0 Å². The lowest BCUT2D eigenvalue weighted by Crippen LogP contribution is -2.28. The number of amides is 1. The zero-order valence-electron chi connectivity index (χ0n) is 12.9. The molecular formula is C16H18ClN3O2S. The van der Waals surface area contributed by atoms with Gasteiger partial charge >= 0.3 is 0 Å². The molecule has 2 aromatic rings. The third-order valence-electron chi connectivity index (χ3n) is 3.58. The molecule has 0 fully saturated rings. The number of aromatic nitrogens is 2. The van der Waals surface area contributed by atoms with Gasteiger partial charge in [0.15, 0.2) is 4.77 Å². The first kappa shape index (κ1) is 17.4. The van der Waals surface area contributed by atoms with Gasteiger partial charge in [-0.05, 0) is 50.2 Å². The van der Waals surface area contributed by atoms with Crippen LogP contribution in [0.1, 0.15) is 36.2 Å². The van der Waals surface area contributed by atoms with Crippen LogP contribution in [-0.4, -0.2) is 15.9 Å². The average molecular weight is 352 g/mol. The predicted octanol–water partition coefficient (Wildman–Crippen LogP) is 3.20. The van der Waals surface area contributed by atoms with E-state index < -0.39 is 0 Å². The minimum Gasteiger partial charge on any atom is -0.350 e. The molecular weight excluding hydrogens is 334 g/mol. The first-order valence-corrected chi connectivity index (χ1v) is 8.02. The van der Waals surface area contributed by atoms with Crippen molar-refractivity contribution in [2.75, 3.05) is 0 Å². The van der Waals surface area contributed by atoms with Crippen LogP contribution in [0.2, 0.25) is 5.02 Å². The summed E-state index contributed by atoms with van der Waals surface area (Å²) in [5.41, 5.74) is 1.92. The van der Waals surface area contributed by atoms with Gasteiger partial charge in [0.05, 0.1) is 6.04 Å². The van der Waals surface area contributed by atoms with Gasteiger partial charge in [-0.1, -0.05) is 23.7 Å². The van der Waals surface area contributed by atoms with Gasteiger partial charge in [-0.25, -0.2) is 0 Å². The number of aryl methyl sites for hydroxylation is 1. The van der Waals surface area contributed by atoms with Gasteiger partial charge in [0, 0.05) is 22.7 Å². The summed E-state index contributed by atoms with van der Waals surface area (Å²) in [6, 6.07) is 7.20. The minimum atomic E-state index is -0.248. The molecule has 0 bridgehead atoms. The molecule has 0 aliphatic rings. The Morgan fingerprint density at radius 2 is 2.13 bits per heavy atom. The number of hydrogen-bond donors (Lipinski definition) is 3. The Bertz CT molecular complexity index is 829. The molecule has 3 N–H and O–H groups in total. The number of carbonyl (C=O) groups excluding carboxylic acids is 1. The molecule has 0 aliphatic carbocycles. The molecule has 23 heavy (non-hydrogen) atoms. The minimum absolute atomic E-state index is 0.126. The number of carbonyl (C=O) groups is 1. The van der Waals surface area contributed by atoms with E-state index in [-0.39, 0.29) is 28.7 Å². The van der Waals surface area contributed by atoms with Crippen LogP contribution in [0.3, 0.4) is 0 Å². The van der Waals surface area contributed by atoms with Gasteiger partial charge < -0.3 is 10.3 Å². The van der Waals surface area contributed by atoms with E-state index in [1.165, 1.54) is 0 Å². The highest BCUT2D eigenvalue weighted by molar-refractivity contribution is 7.71. The molecule has 1 atom stereocenters. The van der Waals surface area contributed by atoms with Crippen molar-refractivity contribution in [3.8, 4) is 0 Å². The topological polar surface area (TPSA) is 77.8 Å². The molecule has 0 aliphatic heterocycles. The number of halogens is 1. The van der Waals surface area contributed by atoms with Crippen molar-refractivity contribution in [3.05, 3.63) is 61.2 Å². The van der Waals surface area contributed by atoms with Gasteiger partial charge in [-0.2, -0.15) is 0 Å². The molecule has 1 amide bonds. The highest BCUT2D eigenvalue weighted by Gasteiger charge is 2.12. The van der Waals surface area contributed by atoms with Crippen molar-refractivity contribution in [1.29, 1.82) is 0 Å². The SMILES string of the molecule is Cc1[nH]c(=S)[nH]c(=O)c1CCC(=O)NC(C)c1cccc(Cl)c1. The fourth-order valence-corrected chi connectivity index (χ4v) is 2.78. The molecule has 1 aromatic heterocycles. The van der Waals surface area contributed by atoms with Gasteiger partial charge in [0.25, 0.3) is 5.56 Å². The van der Waals surface area contributed by atoms with Gasteiger partial charge in [0.2, 0.25) is 5.91 Å². The van der Waals surface area contributed by atoms with Gasteiger partial charge in [0.1, 0.15) is 0 Å². The maximum absolute atomic E-state index is 12.1. The molecule has 5 nitrogen and oxygen atoms in total. The van der Waals surface area contributed by atoms with Crippen molar-refractivity contribution in [2.24, 2.45) is 0 Å². The Hall–Kier alpha value is -1.92. The monoisotopic (exact) mass is 351 g/mol. The summed E-state index contributed by atoms with van der Waals surface area (Å²) >= 11 is 10.9. The molecule has 1 aromatic carbocycles. The van der Waals surface area contributed by atoms with Crippen LogP contribution in [0.25, 0.3) is 0 Å². The lowest BCUT2D eigenvalue weighted by atomic mass is 10.1. The second-order valence-corrected chi connectivity index (χ2v) is 6.20. The molecule has 1 unspecified atom stereocenters. The van der Waals surface area contributed by atoms with E-state index >= 15 is 0 Å². The van der Waals surface area contributed by atoms with E-state index in [0.29, 0.717) is 22.7 Å². The van der Waals surface area contributed by atoms with Gasteiger partial charge in [-0.3, -0.25) is 14.6 Å². The Kier molecular flexibility index (Phi) is 5.74. The van der Waals surface area contributed by atoms with Crippen LogP contribution < -0.4 is 10.9 Å². The zero-order valence-corrected chi connectivity index (χ0v) is 14.5. The maximum Gasteiger partial charge on any atom is 0.255 e. The molecule has 7 heteroatoms. The van der Waals surface area contributed by atoms with E-state index in [0.717, 1.165) is 5.56 Å². The van der Waals surface area contributed by atoms with Crippen molar-refractivity contribution in [1.82, 2.24) is 15.3 Å². The summed E-state index contributed by atoms with van der Waals surface area (Å²) in [7, 11) is 0. The Morgan fingerprint density at radius 1 is 1.39 bits per heavy atom. The van der Waals surface area contributed by atoms with E-state index in [9.17, 15) is 9.59 Å². The summed E-state index contributed by atoms with van der Waals surface area (Å²) in [4.78, 5) is 29.4. The summed E-state index contributed by atoms with van der Waals surface area (Å²) in [6.07, 6.45) is 0.570. The van der Waals surface area contributed by atoms with Gasteiger partial charge in [-0.15, -0.1) is 0 Å². The fourth-order valence-electron chi connectivity index (χ4n) is 2.34. The number of nitrogens with one attached hydrogen (secondary N) is 3. The molecule has 0 radical (unpaired) electrons. The maximum atomic E-state index is 12.1. The van der Waals surface area contributed by atoms with E-state index in [2.05, 4.69) is 15.3 Å². The van der Waals surface area contributed by atoms with E-state index in [4.69, 9.17) is 23.8 Å². The molecule has 1 heterocycles. The molecule has 0 saturated carbocycles. The molecule has 122 valence electrons. The fraction of sp³-hybridized carbons (Fsp3) is 0.312. The molecule has 2 rings (SSSR count). The zero-order chi connectivity index (χ0) is 17.0. The van der Waals surface area contributed by atoms with Crippen molar-refractivity contribution >= 4 is 29.7 Å². The molecule has 0 spiro atoms. The van der Waals surface area contributed by atoms with E-state index in [1.54, 1.807) is 13.0 Å². The quantitative estimate of drug-likeness (QED) is 0.724. The number of aromatic amines is 2. The number of rotatable bonds is 5. The average Bonchev–Trinajstić information content (AvgIpc) is 2.46. The Labute approximate surface area is 144 Å². The summed E-state index contributed by atoms with van der Waals surface area (Å²) < 4.78 is 0.287. The normalized spacial score (nSPS) is 12.0. The smallest absolute Gasteiger partial charge is 0.255 e. The highest BCUT2D eigenvalue weighted by atomic mass is 35.5. The Morgan fingerprint density at radius 3 is 2.78 bits per heavy atom.